The first-order valence-corrected chi connectivity index (χ1v) is 4.93. The van der Waals surface area contributed by atoms with Crippen molar-refractivity contribution in [1.82, 2.24) is 0 Å². The molecule has 1 saturated heterocycles. The van der Waals surface area contributed by atoms with E-state index in [0.29, 0.717) is 5.92 Å². The number of Topliss-reactive ketones (excluding diaryl/α,β-unsaturated/α-hetero) is 1. The van der Waals surface area contributed by atoms with Crippen molar-refractivity contribution in [2.24, 2.45) is 5.92 Å². The van der Waals surface area contributed by atoms with Crippen LogP contribution in [0.3, 0.4) is 0 Å². The van der Waals surface area contributed by atoms with Crippen LogP contribution in [-0.4, -0.2) is 19.0 Å². The van der Waals surface area contributed by atoms with Crippen LogP contribution in [0.5, 0.6) is 0 Å². The quantitative estimate of drug-likeness (QED) is 0.666. The Labute approximate surface area is 83.9 Å². The van der Waals surface area contributed by atoms with Crippen molar-refractivity contribution in [2.45, 2.75) is 13.3 Å². The van der Waals surface area contributed by atoms with E-state index in [0.717, 1.165) is 25.2 Å². The Hall–Kier alpha value is -1.15. The highest BCUT2D eigenvalue weighted by atomic mass is 16.5. The summed E-state index contributed by atoms with van der Waals surface area (Å²) in [5.41, 5.74) is 2.12. The van der Waals surface area contributed by atoms with Gasteiger partial charge in [-0.3, -0.25) is 4.79 Å². The Morgan fingerprint density at radius 1 is 1.50 bits per heavy atom. The van der Waals surface area contributed by atoms with Gasteiger partial charge in [-0.25, -0.2) is 0 Å². The first-order chi connectivity index (χ1) is 6.75. The average molecular weight is 190 g/mol. The molecule has 0 atom stereocenters. The molecule has 1 heterocycles. The monoisotopic (exact) mass is 190 g/mol. The predicted molar refractivity (Wildman–Crippen MR) is 54.9 cm³/mol. The van der Waals surface area contributed by atoms with Crippen molar-refractivity contribution in [1.29, 1.82) is 0 Å². The third-order valence-electron chi connectivity index (χ3n) is 2.55. The number of ether oxygens (including phenoxy) is 1. The molecule has 0 aromatic carbocycles. The first kappa shape index (κ1) is 9.41. The van der Waals surface area contributed by atoms with Crippen LogP contribution in [0.25, 0.3) is 0 Å². The van der Waals surface area contributed by atoms with Gasteiger partial charge in [0.25, 0.3) is 0 Å². The number of rotatable bonds is 2. The number of carbonyl (C=O) groups is 1. The number of hydrogen-bond acceptors (Lipinski definition) is 2. The molecule has 1 aliphatic carbocycles. The summed E-state index contributed by atoms with van der Waals surface area (Å²) in [5.74, 6) is 0.731. The second-order valence-electron chi connectivity index (χ2n) is 3.79. The van der Waals surface area contributed by atoms with Crippen LogP contribution in [0.4, 0.5) is 0 Å². The van der Waals surface area contributed by atoms with E-state index >= 15 is 0 Å². The summed E-state index contributed by atoms with van der Waals surface area (Å²) >= 11 is 0. The normalized spacial score (nSPS) is 24.6. The van der Waals surface area contributed by atoms with E-state index in [1.54, 1.807) is 6.92 Å². The Kier molecular flexibility index (Phi) is 2.64. The molecule has 2 rings (SSSR count). The predicted octanol–water partition coefficient (Wildman–Crippen LogP) is 2.03. The molecule has 0 bridgehead atoms. The summed E-state index contributed by atoms with van der Waals surface area (Å²) in [5, 5.41) is 0. The summed E-state index contributed by atoms with van der Waals surface area (Å²) < 4.78 is 5.10. The molecular weight excluding hydrogens is 176 g/mol. The topological polar surface area (TPSA) is 26.3 Å². The van der Waals surface area contributed by atoms with Crippen LogP contribution < -0.4 is 0 Å². The van der Waals surface area contributed by atoms with Crippen molar-refractivity contribution in [3.63, 3.8) is 0 Å². The van der Waals surface area contributed by atoms with Gasteiger partial charge < -0.3 is 4.74 Å². The lowest BCUT2D eigenvalue weighted by atomic mass is 9.96. The second kappa shape index (κ2) is 3.93. The molecule has 1 fully saturated rings. The summed E-state index contributed by atoms with van der Waals surface area (Å²) in [7, 11) is 0. The van der Waals surface area contributed by atoms with Gasteiger partial charge in [-0.2, -0.15) is 0 Å². The molecule has 2 heteroatoms. The zero-order valence-corrected chi connectivity index (χ0v) is 8.32. The highest BCUT2D eigenvalue weighted by Crippen LogP contribution is 2.20. The maximum Gasteiger partial charge on any atom is 0.159 e. The van der Waals surface area contributed by atoms with Crippen molar-refractivity contribution in [3.05, 3.63) is 35.5 Å². The number of carbonyl (C=O) groups excluding carboxylic acids is 1. The molecule has 14 heavy (non-hydrogen) atoms. The molecule has 0 amide bonds. The van der Waals surface area contributed by atoms with E-state index in [1.807, 2.05) is 18.2 Å². The molecule has 0 aromatic heterocycles. The van der Waals surface area contributed by atoms with Gasteiger partial charge in [-0.15, -0.1) is 0 Å². The highest BCUT2D eigenvalue weighted by molar-refractivity contribution is 5.96. The molecule has 0 saturated carbocycles. The standard InChI is InChI=1S/C12H14O2/c1-9(13)12-4-2-10(3-5-12)6-11-7-14-8-11/h2,4-6,11H,3,7-8H2,1H3. The zero-order chi connectivity index (χ0) is 9.97. The Morgan fingerprint density at radius 3 is 2.71 bits per heavy atom. The summed E-state index contributed by atoms with van der Waals surface area (Å²) in [6, 6.07) is 0. The SMILES string of the molecule is CC(=O)C1=CCC(=CC2COC2)C=C1. The van der Waals surface area contributed by atoms with E-state index in [-0.39, 0.29) is 5.78 Å². The molecule has 74 valence electrons. The molecular formula is C12H14O2. The van der Waals surface area contributed by atoms with Crippen molar-refractivity contribution in [3.8, 4) is 0 Å². The Bertz CT molecular complexity index is 330. The molecule has 0 radical (unpaired) electrons. The summed E-state index contributed by atoms with van der Waals surface area (Å²) in [4.78, 5) is 11.0. The minimum absolute atomic E-state index is 0.146. The lowest BCUT2D eigenvalue weighted by Crippen LogP contribution is -2.25. The van der Waals surface area contributed by atoms with Crippen LogP contribution in [0.1, 0.15) is 13.3 Å². The Balaban J connectivity index is 1.99. The minimum Gasteiger partial charge on any atom is -0.380 e. The molecule has 0 spiro atoms. The van der Waals surface area contributed by atoms with E-state index in [4.69, 9.17) is 4.74 Å². The van der Waals surface area contributed by atoms with Gasteiger partial charge in [-0.1, -0.05) is 24.3 Å². The summed E-state index contributed by atoms with van der Waals surface area (Å²) in [6.07, 6.45) is 9.05. The van der Waals surface area contributed by atoms with Gasteiger partial charge in [0.2, 0.25) is 0 Å². The maximum atomic E-state index is 11.0. The van der Waals surface area contributed by atoms with E-state index in [2.05, 4.69) is 6.08 Å². The molecule has 0 N–H and O–H groups in total. The van der Waals surface area contributed by atoms with Gasteiger partial charge >= 0.3 is 0 Å². The minimum atomic E-state index is 0.146. The van der Waals surface area contributed by atoms with E-state index < -0.39 is 0 Å². The third kappa shape index (κ3) is 2.02. The van der Waals surface area contributed by atoms with Gasteiger partial charge in [0.05, 0.1) is 13.2 Å². The van der Waals surface area contributed by atoms with Crippen LogP contribution in [-0.2, 0) is 9.53 Å². The number of ketones is 1. The zero-order valence-electron chi connectivity index (χ0n) is 8.32. The lowest BCUT2D eigenvalue weighted by Gasteiger charge is -2.23. The van der Waals surface area contributed by atoms with E-state index in [1.165, 1.54) is 5.57 Å². The fourth-order valence-corrected chi connectivity index (χ4v) is 1.60. The van der Waals surface area contributed by atoms with Gasteiger partial charge in [0, 0.05) is 11.5 Å². The third-order valence-corrected chi connectivity index (χ3v) is 2.55. The molecule has 0 unspecified atom stereocenters. The van der Waals surface area contributed by atoms with Gasteiger partial charge in [0.15, 0.2) is 5.78 Å². The fraction of sp³-hybridized carbons (Fsp3) is 0.417. The van der Waals surface area contributed by atoms with Crippen LogP contribution in [0.15, 0.2) is 35.5 Å². The van der Waals surface area contributed by atoms with Crippen LogP contribution >= 0.6 is 0 Å². The fourth-order valence-electron chi connectivity index (χ4n) is 1.60. The van der Waals surface area contributed by atoms with Crippen LogP contribution in [0, 0.1) is 5.92 Å². The lowest BCUT2D eigenvalue weighted by molar-refractivity contribution is -0.113. The first-order valence-electron chi connectivity index (χ1n) is 4.93. The maximum absolute atomic E-state index is 11.0. The second-order valence-corrected chi connectivity index (χ2v) is 3.79. The van der Waals surface area contributed by atoms with Crippen LogP contribution in [0.2, 0.25) is 0 Å². The smallest absolute Gasteiger partial charge is 0.159 e. The van der Waals surface area contributed by atoms with Gasteiger partial charge in [0.1, 0.15) is 0 Å². The molecule has 1 aliphatic heterocycles. The average Bonchev–Trinajstić information content (AvgIpc) is 2.12. The Morgan fingerprint density at radius 2 is 2.29 bits per heavy atom. The largest absolute Gasteiger partial charge is 0.380 e. The molecule has 2 nitrogen and oxygen atoms in total. The van der Waals surface area contributed by atoms with Gasteiger partial charge in [-0.05, 0) is 18.9 Å². The van der Waals surface area contributed by atoms with Crippen molar-refractivity contribution in [2.75, 3.05) is 13.2 Å². The van der Waals surface area contributed by atoms with Crippen molar-refractivity contribution >= 4 is 5.78 Å². The highest BCUT2D eigenvalue weighted by Gasteiger charge is 2.16. The molecule has 2 aliphatic rings. The molecule has 0 aromatic rings. The number of hydrogen-bond donors (Lipinski definition) is 0. The number of allylic oxidation sites excluding steroid dienone is 5. The van der Waals surface area contributed by atoms with Crippen molar-refractivity contribution < 1.29 is 9.53 Å². The summed E-state index contributed by atoms with van der Waals surface area (Å²) in [6.45, 7) is 3.30. The van der Waals surface area contributed by atoms with E-state index in [9.17, 15) is 4.79 Å².